The molecule has 1 aromatic carbocycles. The molecule has 1 aromatic heterocycles. The number of anilines is 1. The number of esters is 1. The predicted octanol–water partition coefficient (Wildman–Crippen LogP) is 2.85. The number of amides is 1. The second-order valence-corrected chi connectivity index (χ2v) is 8.40. The number of nitrogens with one attached hydrogen (secondary N) is 2. The number of hydrogen-bond donors (Lipinski definition) is 2. The van der Waals surface area contributed by atoms with Gasteiger partial charge in [0.1, 0.15) is 11.4 Å². The molecule has 2 aliphatic rings. The third-order valence-corrected chi connectivity index (χ3v) is 6.52. The highest BCUT2D eigenvalue weighted by atomic mass is 16.5. The van der Waals surface area contributed by atoms with Gasteiger partial charge in [0.25, 0.3) is 0 Å². The van der Waals surface area contributed by atoms with E-state index in [1.807, 2.05) is 12.1 Å². The summed E-state index contributed by atoms with van der Waals surface area (Å²) in [5.74, 6) is -0.0991. The second-order valence-electron chi connectivity index (χ2n) is 8.40. The van der Waals surface area contributed by atoms with E-state index in [2.05, 4.69) is 20.1 Å². The van der Waals surface area contributed by atoms with Gasteiger partial charge in [-0.15, -0.1) is 0 Å². The third kappa shape index (κ3) is 4.70. The van der Waals surface area contributed by atoms with E-state index in [-0.39, 0.29) is 11.6 Å². The lowest BCUT2D eigenvalue weighted by Gasteiger charge is -2.40. The van der Waals surface area contributed by atoms with Crippen molar-refractivity contribution in [1.82, 2.24) is 14.8 Å². The molecule has 1 aliphatic heterocycles. The molecule has 8 nitrogen and oxygen atoms in total. The molecule has 0 spiro atoms. The van der Waals surface area contributed by atoms with Gasteiger partial charge in [-0.05, 0) is 25.0 Å². The second kappa shape index (κ2) is 9.70. The van der Waals surface area contributed by atoms with Crippen LogP contribution in [0.25, 0.3) is 10.9 Å². The molecule has 2 N–H and O–H groups in total. The van der Waals surface area contributed by atoms with Gasteiger partial charge in [-0.1, -0.05) is 25.3 Å². The standard InChI is InChI=1S/C23H32N4O4/c1-30-18-10-6-9-17-20(18)21(22(24-17)23(29)31-2)25-19(28)15-26-11-13-27(14-12-26)16-7-4-3-5-8-16/h6,9-10,16,24H,3-5,7-8,11-15H2,1-2H3,(H,25,28). The number of methoxy groups -OCH3 is 2. The summed E-state index contributed by atoms with van der Waals surface area (Å²) in [6, 6.07) is 6.18. The van der Waals surface area contributed by atoms with Gasteiger partial charge < -0.3 is 19.8 Å². The zero-order valence-corrected chi connectivity index (χ0v) is 18.4. The van der Waals surface area contributed by atoms with E-state index in [4.69, 9.17) is 9.47 Å². The Bertz CT molecular complexity index is 927. The fourth-order valence-electron chi connectivity index (χ4n) is 4.88. The van der Waals surface area contributed by atoms with Crippen LogP contribution in [-0.4, -0.2) is 79.6 Å². The van der Waals surface area contributed by atoms with Crippen molar-refractivity contribution in [2.75, 3.05) is 52.3 Å². The van der Waals surface area contributed by atoms with E-state index >= 15 is 0 Å². The zero-order chi connectivity index (χ0) is 21.8. The number of H-pyrrole nitrogens is 1. The lowest BCUT2D eigenvalue weighted by molar-refractivity contribution is -0.117. The minimum Gasteiger partial charge on any atom is -0.496 e. The molecule has 2 heterocycles. The van der Waals surface area contributed by atoms with E-state index in [9.17, 15) is 9.59 Å². The van der Waals surface area contributed by atoms with Gasteiger partial charge in [-0.2, -0.15) is 0 Å². The number of benzene rings is 1. The van der Waals surface area contributed by atoms with Gasteiger partial charge in [0, 0.05) is 32.2 Å². The van der Waals surface area contributed by atoms with Crippen LogP contribution >= 0.6 is 0 Å². The number of rotatable bonds is 6. The first-order valence-electron chi connectivity index (χ1n) is 11.1. The van der Waals surface area contributed by atoms with E-state index < -0.39 is 5.97 Å². The molecule has 1 saturated carbocycles. The molecule has 31 heavy (non-hydrogen) atoms. The molecule has 0 radical (unpaired) electrons. The fraction of sp³-hybridized carbons (Fsp3) is 0.565. The Morgan fingerprint density at radius 1 is 1.10 bits per heavy atom. The fourth-order valence-corrected chi connectivity index (χ4v) is 4.88. The minimum atomic E-state index is -0.533. The highest BCUT2D eigenvalue weighted by Gasteiger charge is 2.27. The van der Waals surface area contributed by atoms with Crippen LogP contribution < -0.4 is 10.1 Å². The largest absolute Gasteiger partial charge is 0.496 e. The maximum absolute atomic E-state index is 12.9. The van der Waals surface area contributed by atoms with Crippen LogP contribution in [0.15, 0.2) is 18.2 Å². The predicted molar refractivity (Wildman–Crippen MR) is 120 cm³/mol. The smallest absolute Gasteiger partial charge is 0.356 e. The molecule has 1 amide bonds. The molecule has 168 valence electrons. The average molecular weight is 429 g/mol. The minimum absolute atomic E-state index is 0.150. The molecule has 0 bridgehead atoms. The van der Waals surface area contributed by atoms with E-state index in [1.165, 1.54) is 39.2 Å². The molecule has 1 saturated heterocycles. The van der Waals surface area contributed by atoms with Crippen LogP contribution in [0.3, 0.4) is 0 Å². The highest BCUT2D eigenvalue weighted by molar-refractivity contribution is 6.13. The highest BCUT2D eigenvalue weighted by Crippen LogP contribution is 2.35. The number of ether oxygens (including phenoxy) is 2. The van der Waals surface area contributed by atoms with Crippen LogP contribution in [0.2, 0.25) is 0 Å². The molecule has 8 heteroatoms. The molecule has 2 aromatic rings. The lowest BCUT2D eigenvalue weighted by Crippen LogP contribution is -2.52. The summed E-state index contributed by atoms with van der Waals surface area (Å²) in [6.45, 7) is 4.06. The van der Waals surface area contributed by atoms with Crippen LogP contribution in [0.1, 0.15) is 42.6 Å². The Hall–Kier alpha value is -2.58. The van der Waals surface area contributed by atoms with Crippen molar-refractivity contribution < 1.29 is 19.1 Å². The van der Waals surface area contributed by atoms with Crippen molar-refractivity contribution >= 4 is 28.5 Å². The van der Waals surface area contributed by atoms with Crippen LogP contribution in [0.4, 0.5) is 5.69 Å². The SMILES string of the molecule is COC(=O)c1[nH]c2cccc(OC)c2c1NC(=O)CN1CCN(C2CCCCC2)CC1. The topological polar surface area (TPSA) is 86.9 Å². The molecule has 0 unspecified atom stereocenters. The number of carbonyl (C=O) groups is 2. The summed E-state index contributed by atoms with van der Waals surface area (Å²) in [7, 11) is 2.89. The lowest BCUT2D eigenvalue weighted by atomic mass is 9.94. The van der Waals surface area contributed by atoms with E-state index in [1.54, 1.807) is 13.2 Å². The number of carbonyl (C=O) groups excluding carboxylic acids is 2. The molecule has 2 fully saturated rings. The first-order valence-corrected chi connectivity index (χ1v) is 11.1. The summed E-state index contributed by atoms with van der Waals surface area (Å²) < 4.78 is 10.4. The first kappa shape index (κ1) is 21.6. The normalized spacial score (nSPS) is 18.8. The van der Waals surface area contributed by atoms with E-state index in [0.717, 1.165) is 26.2 Å². The molecule has 4 rings (SSSR count). The third-order valence-electron chi connectivity index (χ3n) is 6.52. The zero-order valence-electron chi connectivity index (χ0n) is 18.4. The summed E-state index contributed by atoms with van der Waals surface area (Å²) in [4.78, 5) is 33.0. The van der Waals surface area contributed by atoms with Gasteiger partial charge in [0.05, 0.1) is 37.4 Å². The number of hydrogen-bond acceptors (Lipinski definition) is 6. The Labute approximate surface area is 182 Å². The molecule has 1 aliphatic carbocycles. The summed E-state index contributed by atoms with van der Waals surface area (Å²) in [5, 5.41) is 3.61. The van der Waals surface area contributed by atoms with Crippen LogP contribution in [-0.2, 0) is 9.53 Å². The average Bonchev–Trinajstić information content (AvgIpc) is 3.18. The molecule has 0 atom stereocenters. The van der Waals surface area contributed by atoms with Crippen molar-refractivity contribution in [2.24, 2.45) is 0 Å². The number of nitrogens with zero attached hydrogens (tertiary/aromatic N) is 2. The van der Waals surface area contributed by atoms with Crippen molar-refractivity contribution in [3.05, 3.63) is 23.9 Å². The van der Waals surface area contributed by atoms with Gasteiger partial charge >= 0.3 is 5.97 Å². The van der Waals surface area contributed by atoms with Gasteiger partial charge in [0.2, 0.25) is 5.91 Å². The molecular formula is C23H32N4O4. The maximum atomic E-state index is 12.9. The van der Waals surface area contributed by atoms with Crippen molar-refractivity contribution in [1.29, 1.82) is 0 Å². The summed E-state index contributed by atoms with van der Waals surface area (Å²) in [5.41, 5.74) is 1.33. The Morgan fingerprint density at radius 2 is 1.84 bits per heavy atom. The monoisotopic (exact) mass is 428 g/mol. The first-order chi connectivity index (χ1) is 15.1. The number of aromatic nitrogens is 1. The van der Waals surface area contributed by atoms with Crippen LogP contribution in [0.5, 0.6) is 5.75 Å². The summed E-state index contributed by atoms with van der Waals surface area (Å²) in [6.07, 6.45) is 6.65. The van der Waals surface area contributed by atoms with Crippen LogP contribution in [0, 0.1) is 0 Å². The van der Waals surface area contributed by atoms with Crippen molar-refractivity contribution in [2.45, 2.75) is 38.1 Å². The quantitative estimate of drug-likeness (QED) is 0.688. The summed E-state index contributed by atoms with van der Waals surface area (Å²) >= 11 is 0. The number of aromatic amines is 1. The Morgan fingerprint density at radius 3 is 2.52 bits per heavy atom. The van der Waals surface area contributed by atoms with Crippen molar-refractivity contribution in [3.8, 4) is 5.75 Å². The van der Waals surface area contributed by atoms with Gasteiger partial charge in [-0.3, -0.25) is 14.6 Å². The van der Waals surface area contributed by atoms with E-state index in [0.29, 0.717) is 34.9 Å². The van der Waals surface area contributed by atoms with Gasteiger partial charge in [0.15, 0.2) is 0 Å². The number of fused-ring (bicyclic) bond motifs is 1. The molecular weight excluding hydrogens is 396 g/mol. The maximum Gasteiger partial charge on any atom is 0.356 e. The van der Waals surface area contributed by atoms with Gasteiger partial charge in [-0.25, -0.2) is 4.79 Å². The number of piperazine rings is 1. The Balaban J connectivity index is 1.43. The van der Waals surface area contributed by atoms with Crippen molar-refractivity contribution in [3.63, 3.8) is 0 Å². The Kier molecular flexibility index (Phi) is 6.77.